The Kier molecular flexibility index (Phi) is 5.58. The van der Waals surface area contributed by atoms with Gasteiger partial charge in [-0.1, -0.05) is 25.1 Å². The average Bonchev–Trinajstić information content (AvgIpc) is 3.00. The molecule has 28 heavy (non-hydrogen) atoms. The van der Waals surface area contributed by atoms with Crippen molar-refractivity contribution in [2.45, 2.75) is 26.5 Å². The zero-order chi connectivity index (χ0) is 19.7. The molecule has 5 heteroatoms. The third-order valence-electron chi connectivity index (χ3n) is 6.06. The van der Waals surface area contributed by atoms with Gasteiger partial charge in [0.1, 0.15) is 5.75 Å². The number of benzene rings is 2. The van der Waals surface area contributed by atoms with Gasteiger partial charge in [-0.15, -0.1) is 0 Å². The molecular weight excluding hydrogens is 350 g/mol. The van der Waals surface area contributed by atoms with E-state index in [2.05, 4.69) is 64.6 Å². The zero-order valence-electron chi connectivity index (χ0n) is 17.2. The minimum atomic E-state index is -0.403. The van der Waals surface area contributed by atoms with Crippen LogP contribution >= 0.6 is 0 Å². The number of hydrogen-bond acceptors (Lipinski definition) is 4. The largest absolute Gasteiger partial charge is 0.496 e. The normalized spacial score (nSPS) is 17.4. The van der Waals surface area contributed by atoms with Gasteiger partial charge < -0.3 is 19.3 Å². The highest BCUT2D eigenvalue weighted by Gasteiger charge is 2.20. The Hall–Kier alpha value is -2.08. The van der Waals surface area contributed by atoms with Crippen molar-refractivity contribution in [2.24, 2.45) is 0 Å². The van der Waals surface area contributed by atoms with Crippen molar-refractivity contribution in [2.75, 3.05) is 46.4 Å². The van der Waals surface area contributed by atoms with E-state index in [0.717, 1.165) is 49.6 Å². The number of methoxy groups -OCH3 is 1. The van der Waals surface area contributed by atoms with Crippen molar-refractivity contribution in [1.82, 2.24) is 14.4 Å². The number of fused-ring (bicyclic) bond motifs is 3. The summed E-state index contributed by atoms with van der Waals surface area (Å²) < 4.78 is 7.81. The molecule has 1 atom stereocenters. The van der Waals surface area contributed by atoms with Crippen molar-refractivity contribution in [3.05, 3.63) is 42.0 Å². The molecule has 1 aliphatic heterocycles. The van der Waals surface area contributed by atoms with E-state index in [-0.39, 0.29) is 0 Å². The molecule has 0 aliphatic carbocycles. The van der Waals surface area contributed by atoms with E-state index in [4.69, 9.17) is 4.74 Å². The van der Waals surface area contributed by atoms with Gasteiger partial charge in [0, 0.05) is 55.1 Å². The van der Waals surface area contributed by atoms with Gasteiger partial charge in [-0.3, -0.25) is 4.90 Å². The molecule has 2 heterocycles. The summed E-state index contributed by atoms with van der Waals surface area (Å²) in [5, 5.41) is 13.3. The number of aromatic nitrogens is 1. The molecule has 1 aliphatic rings. The van der Waals surface area contributed by atoms with Gasteiger partial charge in [-0.2, -0.15) is 0 Å². The number of nitrogens with zero attached hydrogens (tertiary/aromatic N) is 3. The molecule has 1 unspecified atom stereocenters. The zero-order valence-corrected chi connectivity index (χ0v) is 17.2. The van der Waals surface area contributed by atoms with Crippen LogP contribution in [0.1, 0.15) is 12.5 Å². The van der Waals surface area contributed by atoms with Gasteiger partial charge in [0.15, 0.2) is 0 Å². The Morgan fingerprint density at radius 1 is 0.964 bits per heavy atom. The Morgan fingerprint density at radius 3 is 2.39 bits per heavy atom. The number of hydrogen-bond donors (Lipinski definition) is 1. The van der Waals surface area contributed by atoms with E-state index in [0.29, 0.717) is 13.1 Å². The maximum atomic E-state index is 10.9. The summed E-state index contributed by atoms with van der Waals surface area (Å²) in [7, 11) is 1.71. The number of β-amino-alcohol motifs (C(OH)–C–C–N with tert-alkyl or cyclic N) is 1. The third-order valence-corrected chi connectivity index (χ3v) is 6.06. The maximum absolute atomic E-state index is 10.9. The molecule has 0 amide bonds. The lowest BCUT2D eigenvalue weighted by Crippen LogP contribution is -2.48. The molecule has 0 bridgehead atoms. The maximum Gasteiger partial charge on any atom is 0.123 e. The van der Waals surface area contributed by atoms with Crippen molar-refractivity contribution in [3.8, 4) is 5.75 Å². The van der Waals surface area contributed by atoms with Crippen LogP contribution in [-0.4, -0.2) is 72.0 Å². The minimum Gasteiger partial charge on any atom is -0.496 e. The molecule has 0 spiro atoms. The molecule has 0 radical (unpaired) electrons. The van der Waals surface area contributed by atoms with E-state index in [1.807, 2.05) is 0 Å². The topological polar surface area (TPSA) is 40.9 Å². The third kappa shape index (κ3) is 3.62. The van der Waals surface area contributed by atoms with E-state index >= 15 is 0 Å². The summed E-state index contributed by atoms with van der Waals surface area (Å²) in [6, 6.07) is 12.8. The summed E-state index contributed by atoms with van der Waals surface area (Å²) >= 11 is 0. The molecule has 5 nitrogen and oxygen atoms in total. The van der Waals surface area contributed by atoms with Crippen LogP contribution in [0.4, 0.5) is 0 Å². The highest BCUT2D eigenvalue weighted by atomic mass is 16.5. The average molecular weight is 382 g/mol. The molecule has 150 valence electrons. The first-order chi connectivity index (χ1) is 13.6. The van der Waals surface area contributed by atoms with Crippen LogP contribution in [0, 0.1) is 6.92 Å². The number of rotatable bonds is 6. The van der Waals surface area contributed by atoms with E-state index < -0.39 is 6.10 Å². The number of ether oxygens (including phenoxy) is 1. The second kappa shape index (κ2) is 8.11. The highest BCUT2D eigenvalue weighted by molar-refractivity contribution is 6.08. The lowest BCUT2D eigenvalue weighted by molar-refractivity contribution is 0.0671. The molecule has 1 saturated heterocycles. The molecule has 1 fully saturated rings. The molecule has 0 saturated carbocycles. The molecule has 1 N–H and O–H groups in total. The predicted molar refractivity (Wildman–Crippen MR) is 115 cm³/mol. The van der Waals surface area contributed by atoms with Gasteiger partial charge in [-0.25, -0.2) is 0 Å². The summed E-state index contributed by atoms with van der Waals surface area (Å²) in [4.78, 5) is 4.85. The first kappa shape index (κ1) is 19.2. The number of aryl methyl sites for hydroxylation is 1. The molecule has 4 rings (SSSR count). The second-order valence-electron chi connectivity index (χ2n) is 7.86. The molecule has 3 aromatic rings. The van der Waals surface area contributed by atoms with Crippen LogP contribution in [0.5, 0.6) is 5.75 Å². The van der Waals surface area contributed by atoms with Crippen LogP contribution in [0.3, 0.4) is 0 Å². The van der Waals surface area contributed by atoms with Crippen LogP contribution in [0.15, 0.2) is 36.4 Å². The Bertz CT molecular complexity index is 957. The Labute approximate surface area is 167 Å². The number of piperazine rings is 1. The van der Waals surface area contributed by atoms with Crippen LogP contribution in [0.25, 0.3) is 21.8 Å². The van der Waals surface area contributed by atoms with E-state index in [1.165, 1.54) is 16.3 Å². The number of likely N-dealkylation sites (N-methyl/N-ethyl adjacent to an activating group) is 1. The van der Waals surface area contributed by atoms with Crippen molar-refractivity contribution in [1.29, 1.82) is 0 Å². The van der Waals surface area contributed by atoms with Gasteiger partial charge in [0.25, 0.3) is 0 Å². The van der Waals surface area contributed by atoms with Gasteiger partial charge in [-0.05, 0) is 31.2 Å². The number of aliphatic hydroxyl groups excluding tert-OH is 1. The summed E-state index contributed by atoms with van der Waals surface area (Å²) in [5.41, 5.74) is 3.42. The van der Waals surface area contributed by atoms with Crippen molar-refractivity contribution >= 4 is 21.8 Å². The summed E-state index contributed by atoms with van der Waals surface area (Å²) in [6.45, 7) is 11.0. The van der Waals surface area contributed by atoms with Gasteiger partial charge in [0.2, 0.25) is 0 Å². The molecule has 1 aromatic heterocycles. The van der Waals surface area contributed by atoms with Crippen LogP contribution in [0.2, 0.25) is 0 Å². The summed E-state index contributed by atoms with van der Waals surface area (Å²) in [5.74, 6) is 0.890. The molecule has 2 aromatic carbocycles. The number of aliphatic hydroxyl groups is 1. The fourth-order valence-electron chi connectivity index (χ4n) is 4.45. The smallest absolute Gasteiger partial charge is 0.123 e. The quantitative estimate of drug-likeness (QED) is 0.712. The first-order valence-corrected chi connectivity index (χ1v) is 10.3. The van der Waals surface area contributed by atoms with Crippen molar-refractivity contribution in [3.63, 3.8) is 0 Å². The SMILES string of the molecule is CCN1CCN(CC(O)Cn2c3ccccc3c3cc(C)c(OC)cc32)CC1. The fraction of sp³-hybridized carbons (Fsp3) is 0.478. The van der Waals surface area contributed by atoms with E-state index in [9.17, 15) is 5.11 Å². The van der Waals surface area contributed by atoms with Crippen LogP contribution < -0.4 is 4.74 Å². The number of para-hydroxylation sites is 1. The second-order valence-corrected chi connectivity index (χ2v) is 7.86. The lowest BCUT2D eigenvalue weighted by Gasteiger charge is -2.35. The predicted octanol–water partition coefficient (Wildman–Crippen LogP) is 3.11. The monoisotopic (exact) mass is 381 g/mol. The highest BCUT2D eigenvalue weighted by Crippen LogP contribution is 2.33. The lowest BCUT2D eigenvalue weighted by atomic mass is 10.1. The van der Waals surface area contributed by atoms with Crippen LogP contribution in [-0.2, 0) is 6.54 Å². The minimum absolute atomic E-state index is 0.403. The fourth-order valence-corrected chi connectivity index (χ4v) is 4.45. The summed E-state index contributed by atoms with van der Waals surface area (Å²) in [6.07, 6.45) is -0.403. The Balaban J connectivity index is 1.62. The van der Waals surface area contributed by atoms with E-state index in [1.54, 1.807) is 7.11 Å². The standard InChI is InChI=1S/C23H31N3O2/c1-4-24-9-11-25(12-10-24)15-18(27)16-26-21-8-6-5-7-19(21)20-13-17(2)23(28-3)14-22(20)26/h5-8,13-14,18,27H,4,9-12,15-16H2,1-3H3. The van der Waals surface area contributed by atoms with Gasteiger partial charge >= 0.3 is 0 Å². The molecular formula is C23H31N3O2. The van der Waals surface area contributed by atoms with Crippen molar-refractivity contribution < 1.29 is 9.84 Å². The van der Waals surface area contributed by atoms with Gasteiger partial charge in [0.05, 0.1) is 25.3 Å². The Morgan fingerprint density at radius 2 is 1.68 bits per heavy atom. The first-order valence-electron chi connectivity index (χ1n) is 10.3.